The van der Waals surface area contributed by atoms with Crippen molar-refractivity contribution in [3.05, 3.63) is 17.7 Å². The van der Waals surface area contributed by atoms with Gasteiger partial charge >= 0.3 is 0 Å². The maximum Gasteiger partial charge on any atom is 0.274 e. The second kappa shape index (κ2) is 5.77. The molecule has 110 valence electrons. The molecule has 2 unspecified atom stereocenters. The predicted molar refractivity (Wildman–Crippen MR) is 79.4 cm³/mol. The maximum atomic E-state index is 12.7. The van der Waals surface area contributed by atoms with Crippen molar-refractivity contribution >= 4 is 11.6 Å². The van der Waals surface area contributed by atoms with Gasteiger partial charge < -0.3 is 10.6 Å². The highest BCUT2D eigenvalue weighted by Crippen LogP contribution is 2.25. The molecule has 1 aromatic heterocycles. The Kier molecular flexibility index (Phi) is 4.26. The number of carbonyl (C=O) groups is 1. The lowest BCUT2D eigenvalue weighted by atomic mass is 9.93. The molecule has 1 fully saturated rings. The number of hydrogen-bond acceptors (Lipinski definition) is 4. The molecule has 2 N–H and O–H groups in total. The van der Waals surface area contributed by atoms with E-state index in [1.54, 1.807) is 6.20 Å². The van der Waals surface area contributed by atoms with Gasteiger partial charge in [0, 0.05) is 18.5 Å². The third-order valence-electron chi connectivity index (χ3n) is 3.95. The van der Waals surface area contributed by atoms with Crippen molar-refractivity contribution in [3.8, 4) is 0 Å². The fourth-order valence-corrected chi connectivity index (χ4v) is 2.70. The minimum atomic E-state index is -0.0637. The van der Waals surface area contributed by atoms with E-state index >= 15 is 0 Å². The van der Waals surface area contributed by atoms with Gasteiger partial charge in [-0.05, 0) is 25.7 Å². The van der Waals surface area contributed by atoms with Crippen LogP contribution in [-0.2, 0) is 0 Å². The average molecular weight is 276 g/mol. The molecule has 0 aliphatic carbocycles. The van der Waals surface area contributed by atoms with E-state index in [0.29, 0.717) is 23.1 Å². The number of nitrogen functional groups attached to an aromatic ring is 1. The highest BCUT2D eigenvalue weighted by molar-refractivity contribution is 5.97. The monoisotopic (exact) mass is 276 g/mol. The highest BCUT2D eigenvalue weighted by Gasteiger charge is 2.29. The van der Waals surface area contributed by atoms with Crippen LogP contribution in [-0.4, -0.2) is 33.4 Å². The Morgan fingerprint density at radius 3 is 2.75 bits per heavy atom. The number of aromatic nitrogens is 2. The molecule has 2 rings (SSSR count). The van der Waals surface area contributed by atoms with Gasteiger partial charge in [-0.15, -0.1) is 0 Å². The van der Waals surface area contributed by atoms with Gasteiger partial charge in [-0.25, -0.2) is 9.97 Å². The van der Waals surface area contributed by atoms with Gasteiger partial charge in [0.1, 0.15) is 5.82 Å². The first-order chi connectivity index (χ1) is 9.40. The first-order valence-corrected chi connectivity index (χ1v) is 7.33. The smallest absolute Gasteiger partial charge is 0.274 e. The number of amides is 1. The van der Waals surface area contributed by atoms with Crippen LogP contribution in [0.3, 0.4) is 0 Å². The number of piperidine rings is 1. The Morgan fingerprint density at radius 1 is 1.45 bits per heavy atom. The van der Waals surface area contributed by atoms with Gasteiger partial charge in [-0.2, -0.15) is 0 Å². The van der Waals surface area contributed by atoms with Crippen LogP contribution in [0.1, 0.15) is 62.8 Å². The summed E-state index contributed by atoms with van der Waals surface area (Å²) in [5.74, 6) is 1.45. The molecule has 0 aromatic carbocycles. The standard InChI is InChI=1S/C15H24N4O/c1-9(2)14-17-8-12(16)13(18-14)15(20)19-6-5-10(3)7-11(19)4/h8-11H,5-7,16H2,1-4H3. The fourth-order valence-electron chi connectivity index (χ4n) is 2.70. The van der Waals surface area contributed by atoms with E-state index in [1.165, 1.54) is 0 Å². The molecule has 5 heteroatoms. The molecule has 0 spiro atoms. The van der Waals surface area contributed by atoms with Crippen LogP contribution in [0, 0.1) is 5.92 Å². The third-order valence-corrected chi connectivity index (χ3v) is 3.95. The molecule has 5 nitrogen and oxygen atoms in total. The molecule has 0 bridgehead atoms. The molecular weight excluding hydrogens is 252 g/mol. The molecule has 2 atom stereocenters. The van der Waals surface area contributed by atoms with Gasteiger partial charge in [0.25, 0.3) is 5.91 Å². The molecule has 20 heavy (non-hydrogen) atoms. The van der Waals surface area contributed by atoms with E-state index in [1.807, 2.05) is 18.7 Å². The van der Waals surface area contributed by atoms with E-state index in [9.17, 15) is 4.79 Å². The van der Waals surface area contributed by atoms with Crippen LogP contribution in [0.5, 0.6) is 0 Å². The predicted octanol–water partition coefficient (Wildman–Crippen LogP) is 2.44. The van der Waals surface area contributed by atoms with E-state index in [-0.39, 0.29) is 17.9 Å². The first kappa shape index (κ1) is 14.8. The van der Waals surface area contributed by atoms with Crippen LogP contribution in [0.15, 0.2) is 6.20 Å². The minimum absolute atomic E-state index is 0.0637. The summed E-state index contributed by atoms with van der Waals surface area (Å²) in [7, 11) is 0. The van der Waals surface area contributed by atoms with E-state index in [4.69, 9.17) is 5.73 Å². The van der Waals surface area contributed by atoms with Crippen molar-refractivity contribution in [3.63, 3.8) is 0 Å². The second-order valence-electron chi connectivity index (χ2n) is 6.16. The number of rotatable bonds is 2. The van der Waals surface area contributed by atoms with E-state index in [0.717, 1.165) is 19.4 Å². The van der Waals surface area contributed by atoms with Crippen LogP contribution < -0.4 is 5.73 Å². The summed E-state index contributed by atoms with van der Waals surface area (Å²) in [5.41, 5.74) is 6.62. The van der Waals surface area contributed by atoms with Crippen molar-refractivity contribution in [2.75, 3.05) is 12.3 Å². The molecule has 1 saturated heterocycles. The number of carbonyl (C=O) groups excluding carboxylic acids is 1. The summed E-state index contributed by atoms with van der Waals surface area (Å²) in [4.78, 5) is 23.1. The van der Waals surface area contributed by atoms with Crippen LogP contribution in [0.4, 0.5) is 5.69 Å². The quantitative estimate of drug-likeness (QED) is 0.900. The van der Waals surface area contributed by atoms with Crippen molar-refractivity contribution in [2.45, 2.75) is 52.5 Å². The first-order valence-electron chi connectivity index (χ1n) is 7.33. The van der Waals surface area contributed by atoms with Crippen molar-refractivity contribution in [1.82, 2.24) is 14.9 Å². The Hall–Kier alpha value is -1.65. The minimum Gasteiger partial charge on any atom is -0.396 e. The molecule has 0 saturated carbocycles. The summed E-state index contributed by atoms with van der Waals surface area (Å²) < 4.78 is 0. The lowest BCUT2D eigenvalue weighted by Crippen LogP contribution is -2.44. The number of hydrogen-bond donors (Lipinski definition) is 1. The Labute approximate surface area is 120 Å². The summed E-state index contributed by atoms with van der Waals surface area (Å²) >= 11 is 0. The largest absolute Gasteiger partial charge is 0.396 e. The fraction of sp³-hybridized carbons (Fsp3) is 0.667. The van der Waals surface area contributed by atoms with Crippen molar-refractivity contribution in [2.24, 2.45) is 5.92 Å². The van der Waals surface area contributed by atoms with Gasteiger partial charge in [-0.3, -0.25) is 4.79 Å². The zero-order valence-electron chi connectivity index (χ0n) is 12.8. The molecule has 1 aromatic rings. The number of likely N-dealkylation sites (tertiary alicyclic amines) is 1. The summed E-state index contributed by atoms with van der Waals surface area (Å²) in [5, 5.41) is 0. The molecule has 2 heterocycles. The summed E-state index contributed by atoms with van der Waals surface area (Å²) in [6.07, 6.45) is 3.62. The highest BCUT2D eigenvalue weighted by atomic mass is 16.2. The van der Waals surface area contributed by atoms with Gasteiger partial charge in [0.05, 0.1) is 11.9 Å². The van der Waals surface area contributed by atoms with E-state index < -0.39 is 0 Å². The number of anilines is 1. The molecule has 1 amide bonds. The molecular formula is C15H24N4O. The number of nitrogens with two attached hydrogens (primary N) is 1. The van der Waals surface area contributed by atoms with Crippen LogP contribution in [0.25, 0.3) is 0 Å². The zero-order valence-corrected chi connectivity index (χ0v) is 12.8. The third kappa shape index (κ3) is 2.92. The van der Waals surface area contributed by atoms with E-state index in [2.05, 4.69) is 23.8 Å². The van der Waals surface area contributed by atoms with Gasteiger partial charge in [0.2, 0.25) is 0 Å². The number of nitrogens with zero attached hydrogens (tertiary/aromatic N) is 3. The van der Waals surface area contributed by atoms with Crippen molar-refractivity contribution in [1.29, 1.82) is 0 Å². The molecule has 0 radical (unpaired) electrons. The zero-order chi connectivity index (χ0) is 14.9. The Bertz CT molecular complexity index is 501. The van der Waals surface area contributed by atoms with Gasteiger partial charge in [0.15, 0.2) is 5.69 Å². The normalized spacial score (nSPS) is 23.1. The Balaban J connectivity index is 2.26. The van der Waals surface area contributed by atoms with Crippen LogP contribution in [0.2, 0.25) is 0 Å². The Morgan fingerprint density at radius 2 is 2.15 bits per heavy atom. The SMILES string of the molecule is CC1CCN(C(=O)c2nc(C(C)C)ncc2N)C(C)C1. The van der Waals surface area contributed by atoms with Gasteiger partial charge in [-0.1, -0.05) is 20.8 Å². The summed E-state index contributed by atoms with van der Waals surface area (Å²) in [6.45, 7) is 9.11. The molecule has 1 aliphatic rings. The summed E-state index contributed by atoms with van der Waals surface area (Å²) in [6, 6.07) is 0.239. The van der Waals surface area contributed by atoms with Crippen LogP contribution >= 0.6 is 0 Å². The second-order valence-corrected chi connectivity index (χ2v) is 6.16. The topological polar surface area (TPSA) is 72.1 Å². The van der Waals surface area contributed by atoms with Crippen molar-refractivity contribution < 1.29 is 4.79 Å². The average Bonchev–Trinajstić information content (AvgIpc) is 2.38. The lowest BCUT2D eigenvalue weighted by Gasteiger charge is -2.36. The lowest BCUT2D eigenvalue weighted by molar-refractivity contribution is 0.0583. The molecule has 1 aliphatic heterocycles. The maximum absolute atomic E-state index is 12.7.